The van der Waals surface area contributed by atoms with Crippen molar-refractivity contribution in [2.24, 2.45) is 0 Å². The van der Waals surface area contributed by atoms with Gasteiger partial charge in [-0.05, 0) is 47.5 Å². The third-order valence-corrected chi connectivity index (χ3v) is 4.53. The number of aromatic hydroxyl groups is 2. The molecule has 0 unspecified atom stereocenters. The minimum absolute atomic E-state index is 0.118. The van der Waals surface area contributed by atoms with Crippen LogP contribution in [0.15, 0.2) is 59.2 Å². The molecule has 2 aromatic carbocycles. The summed E-state index contributed by atoms with van der Waals surface area (Å²) in [4.78, 5) is 0. The topological polar surface area (TPSA) is 79.6 Å². The first-order valence-corrected chi connectivity index (χ1v) is 7.99. The van der Waals surface area contributed by atoms with E-state index in [9.17, 15) is 36.6 Å². The molecule has 0 amide bonds. The van der Waals surface area contributed by atoms with Crippen molar-refractivity contribution in [1.29, 1.82) is 0 Å². The molecular weight excluding hydrogens is 404 g/mol. The maximum absolute atomic E-state index is 14.1. The van der Waals surface area contributed by atoms with Crippen LogP contribution in [0.4, 0.5) is 32.0 Å². The van der Waals surface area contributed by atoms with Crippen molar-refractivity contribution in [3.63, 3.8) is 0 Å². The fraction of sp³-hybridized carbons (Fsp3) is 0.158. The predicted molar refractivity (Wildman–Crippen MR) is 91.2 cm³/mol. The predicted octanol–water partition coefficient (Wildman–Crippen LogP) is 5.35. The Kier molecular flexibility index (Phi) is 4.68. The highest BCUT2D eigenvalue weighted by Crippen LogP contribution is 2.57. The number of benzene rings is 2. The van der Waals surface area contributed by atoms with Gasteiger partial charge in [-0.3, -0.25) is 0 Å². The molecule has 4 N–H and O–H groups in total. The Morgan fingerprint density at radius 3 is 1.79 bits per heavy atom. The van der Waals surface area contributed by atoms with Gasteiger partial charge in [0.05, 0.1) is 17.5 Å². The maximum atomic E-state index is 14.1. The number of anilines is 1. The van der Waals surface area contributed by atoms with E-state index < -0.39 is 46.1 Å². The summed E-state index contributed by atoms with van der Waals surface area (Å²) in [6.45, 7) is 0. The minimum atomic E-state index is -5.84. The number of nitrogens with two attached hydrogens (primary N) is 1. The summed E-state index contributed by atoms with van der Waals surface area (Å²) in [5.41, 5.74) is -2.53. The second-order valence-corrected chi connectivity index (χ2v) is 6.23. The Bertz CT molecular complexity index is 1010. The Morgan fingerprint density at radius 1 is 0.759 bits per heavy atom. The third-order valence-electron chi connectivity index (χ3n) is 4.53. The highest BCUT2D eigenvalue weighted by molar-refractivity contribution is 5.68. The van der Waals surface area contributed by atoms with E-state index in [1.165, 1.54) is 12.1 Å². The van der Waals surface area contributed by atoms with E-state index in [-0.39, 0.29) is 11.3 Å². The average Bonchev–Trinajstić information content (AvgIpc) is 3.11. The molecule has 0 fully saturated rings. The number of hydrogen-bond acceptors (Lipinski definition) is 4. The summed E-state index contributed by atoms with van der Waals surface area (Å²) < 4.78 is 89.8. The summed E-state index contributed by atoms with van der Waals surface area (Å²) in [6.07, 6.45) is -10.5. The highest BCUT2D eigenvalue weighted by Gasteiger charge is 2.72. The Morgan fingerprint density at radius 2 is 1.31 bits per heavy atom. The van der Waals surface area contributed by atoms with Crippen LogP contribution in [-0.4, -0.2) is 22.6 Å². The molecule has 0 bridgehead atoms. The second-order valence-electron chi connectivity index (χ2n) is 6.23. The second kappa shape index (κ2) is 6.64. The largest absolute Gasteiger partial charge is 0.507 e. The van der Waals surface area contributed by atoms with Crippen LogP contribution in [-0.2, 0) is 5.41 Å². The molecule has 0 atom stereocenters. The minimum Gasteiger partial charge on any atom is -0.507 e. The smallest absolute Gasteiger partial charge is 0.411 e. The lowest BCUT2D eigenvalue weighted by molar-refractivity contribution is -0.288. The Balaban J connectivity index is 2.41. The van der Waals surface area contributed by atoms with Gasteiger partial charge >= 0.3 is 12.4 Å². The molecule has 4 nitrogen and oxygen atoms in total. The van der Waals surface area contributed by atoms with E-state index in [1.54, 1.807) is 0 Å². The van der Waals surface area contributed by atoms with E-state index in [1.807, 2.05) is 0 Å². The van der Waals surface area contributed by atoms with Crippen LogP contribution in [0.1, 0.15) is 11.1 Å². The number of hydrogen-bond donors (Lipinski definition) is 3. The van der Waals surface area contributed by atoms with E-state index in [2.05, 4.69) is 0 Å². The summed E-state index contributed by atoms with van der Waals surface area (Å²) >= 11 is 0. The van der Waals surface area contributed by atoms with Gasteiger partial charge in [-0.25, -0.2) is 0 Å². The van der Waals surface area contributed by atoms with Gasteiger partial charge in [0.2, 0.25) is 5.41 Å². The zero-order valence-electron chi connectivity index (χ0n) is 14.3. The lowest BCUT2D eigenvalue weighted by Crippen LogP contribution is -2.54. The molecule has 0 spiro atoms. The van der Waals surface area contributed by atoms with Crippen LogP contribution >= 0.6 is 0 Å². The van der Waals surface area contributed by atoms with Crippen molar-refractivity contribution in [3.8, 4) is 22.8 Å². The lowest BCUT2D eigenvalue weighted by Gasteiger charge is -2.38. The summed E-state index contributed by atoms with van der Waals surface area (Å²) in [7, 11) is 0. The zero-order valence-corrected chi connectivity index (χ0v) is 14.3. The van der Waals surface area contributed by atoms with Gasteiger partial charge < -0.3 is 20.4 Å². The molecule has 0 aliphatic heterocycles. The first kappa shape index (κ1) is 20.4. The van der Waals surface area contributed by atoms with Crippen molar-refractivity contribution in [2.45, 2.75) is 17.8 Å². The van der Waals surface area contributed by atoms with Crippen LogP contribution in [0.2, 0.25) is 0 Å². The quantitative estimate of drug-likeness (QED) is 0.305. The average molecular weight is 417 g/mol. The van der Waals surface area contributed by atoms with Crippen LogP contribution in [0.5, 0.6) is 11.5 Å². The molecule has 10 heteroatoms. The molecule has 3 aromatic rings. The van der Waals surface area contributed by atoms with Gasteiger partial charge in [0.1, 0.15) is 17.3 Å². The van der Waals surface area contributed by atoms with E-state index in [4.69, 9.17) is 10.2 Å². The fourth-order valence-corrected chi connectivity index (χ4v) is 3.17. The van der Waals surface area contributed by atoms with E-state index in [0.29, 0.717) is 30.3 Å². The number of alkyl halides is 6. The van der Waals surface area contributed by atoms with Crippen molar-refractivity contribution < 1.29 is 41.0 Å². The fourth-order valence-electron chi connectivity index (χ4n) is 3.17. The van der Waals surface area contributed by atoms with Crippen LogP contribution in [0, 0.1) is 0 Å². The van der Waals surface area contributed by atoms with Gasteiger partial charge in [-0.15, -0.1) is 0 Å². The van der Waals surface area contributed by atoms with Crippen LogP contribution in [0.3, 0.4) is 0 Å². The molecule has 0 aliphatic carbocycles. The van der Waals surface area contributed by atoms with E-state index in [0.717, 1.165) is 12.3 Å². The number of nitrogen functional groups attached to an aromatic ring is 1. The van der Waals surface area contributed by atoms with Crippen molar-refractivity contribution in [1.82, 2.24) is 0 Å². The maximum Gasteiger partial charge on any atom is 0.411 e. The van der Waals surface area contributed by atoms with Crippen molar-refractivity contribution >= 4 is 5.69 Å². The van der Waals surface area contributed by atoms with Crippen molar-refractivity contribution in [3.05, 3.63) is 65.9 Å². The third kappa shape index (κ3) is 3.14. The molecule has 29 heavy (non-hydrogen) atoms. The number of furan rings is 1. The Labute approximate surface area is 159 Å². The number of halogens is 6. The number of phenolic OH excluding ortho intramolecular Hbond substituents is 2. The first-order chi connectivity index (χ1) is 13.4. The van der Waals surface area contributed by atoms with Crippen LogP contribution < -0.4 is 5.73 Å². The van der Waals surface area contributed by atoms with Gasteiger partial charge in [-0.1, -0.05) is 12.1 Å². The summed E-state index contributed by atoms with van der Waals surface area (Å²) in [5, 5.41) is 19.4. The lowest BCUT2D eigenvalue weighted by atomic mass is 9.72. The molecule has 1 heterocycles. The van der Waals surface area contributed by atoms with Gasteiger partial charge in [0.15, 0.2) is 0 Å². The molecule has 1 aromatic heterocycles. The summed E-state index contributed by atoms with van der Waals surface area (Å²) in [5.74, 6) is -1.34. The summed E-state index contributed by atoms with van der Waals surface area (Å²) in [6, 6.07) is 6.06. The van der Waals surface area contributed by atoms with Crippen LogP contribution in [0.25, 0.3) is 11.3 Å². The molecule has 0 aliphatic rings. The molecule has 0 saturated carbocycles. The molecule has 0 saturated heterocycles. The standard InChI is InChI=1S/C19H13F6NO3/c20-18(21,22)17(19(23,24)25,11-4-6-15(28)13(26)9-11)10-3-5-14(27)12(8-10)16-2-1-7-29-16/h1-9,27-28H,26H2. The zero-order chi connectivity index (χ0) is 21.6. The van der Waals surface area contributed by atoms with Crippen molar-refractivity contribution in [2.75, 3.05) is 5.73 Å². The van der Waals surface area contributed by atoms with Gasteiger partial charge in [-0.2, -0.15) is 26.3 Å². The highest BCUT2D eigenvalue weighted by atomic mass is 19.4. The molecular formula is C19H13F6NO3. The SMILES string of the molecule is Nc1cc(C(c2ccc(O)c(-c3ccco3)c2)(C(F)(F)F)C(F)(F)F)ccc1O. The molecule has 154 valence electrons. The number of rotatable bonds is 3. The first-order valence-electron chi connectivity index (χ1n) is 7.99. The normalized spacial score (nSPS) is 12.9. The Hall–Kier alpha value is -3.30. The molecule has 0 radical (unpaired) electrons. The van der Waals surface area contributed by atoms with Gasteiger partial charge in [0.25, 0.3) is 0 Å². The number of phenols is 2. The monoisotopic (exact) mass is 417 g/mol. The van der Waals surface area contributed by atoms with Gasteiger partial charge in [0, 0.05) is 0 Å². The molecule has 3 rings (SSSR count). The van der Waals surface area contributed by atoms with E-state index >= 15 is 0 Å².